The molecule has 0 aliphatic rings. The van der Waals surface area contributed by atoms with E-state index < -0.39 is 0 Å². The summed E-state index contributed by atoms with van der Waals surface area (Å²) in [6.07, 6.45) is 0. The average molecular weight is 310 g/mol. The van der Waals surface area contributed by atoms with E-state index in [-0.39, 0.29) is 16.5 Å². The van der Waals surface area contributed by atoms with Crippen LogP contribution in [0.1, 0.15) is 9.67 Å². The summed E-state index contributed by atoms with van der Waals surface area (Å²) in [4.78, 5) is 12.5. The molecule has 22 heavy (non-hydrogen) atoms. The maximum absolute atomic E-state index is 12.2. The number of hydrogen-bond donors (Lipinski definition) is 3. The summed E-state index contributed by atoms with van der Waals surface area (Å²) in [6.45, 7) is 0. The number of para-hydroxylation sites is 2. The lowest BCUT2D eigenvalue weighted by atomic mass is 10.3. The van der Waals surface area contributed by atoms with Crippen molar-refractivity contribution in [2.45, 2.75) is 0 Å². The van der Waals surface area contributed by atoms with Crippen LogP contribution in [0, 0.1) is 0 Å². The minimum Gasteiger partial charge on any atom is -0.506 e. The second-order valence-corrected chi connectivity index (χ2v) is 5.69. The maximum atomic E-state index is 12.2. The van der Waals surface area contributed by atoms with E-state index in [0.29, 0.717) is 10.7 Å². The molecule has 1 amide bonds. The molecule has 2 aromatic carbocycles. The van der Waals surface area contributed by atoms with Crippen LogP contribution in [0.25, 0.3) is 0 Å². The SMILES string of the molecule is O=C(Nc1ccccc1)c1sc(Nc2ccccc2)cc1O. The minimum atomic E-state index is -0.324. The van der Waals surface area contributed by atoms with Crippen LogP contribution >= 0.6 is 11.3 Å². The summed E-state index contributed by atoms with van der Waals surface area (Å²) in [5.41, 5.74) is 1.59. The Hall–Kier alpha value is -2.79. The molecule has 0 aliphatic carbocycles. The molecule has 3 rings (SSSR count). The molecular formula is C17H14N2O2S. The van der Waals surface area contributed by atoms with E-state index in [1.165, 1.54) is 11.3 Å². The van der Waals surface area contributed by atoms with Crippen molar-refractivity contribution < 1.29 is 9.90 Å². The van der Waals surface area contributed by atoms with E-state index in [2.05, 4.69) is 10.6 Å². The number of hydrogen-bond acceptors (Lipinski definition) is 4. The van der Waals surface area contributed by atoms with Gasteiger partial charge in [-0.15, -0.1) is 11.3 Å². The number of carbonyl (C=O) groups is 1. The Labute approximate surface area is 132 Å². The average Bonchev–Trinajstić information content (AvgIpc) is 2.90. The standard InChI is InChI=1S/C17H14N2O2S/c20-14-11-15(18-12-7-3-1-4-8-12)22-16(14)17(21)19-13-9-5-2-6-10-13/h1-11,18,20H,(H,19,21). The monoisotopic (exact) mass is 310 g/mol. The molecule has 0 unspecified atom stereocenters. The van der Waals surface area contributed by atoms with Gasteiger partial charge in [0.2, 0.25) is 0 Å². The first-order valence-corrected chi connectivity index (χ1v) is 7.55. The van der Waals surface area contributed by atoms with Gasteiger partial charge in [0, 0.05) is 17.4 Å². The van der Waals surface area contributed by atoms with Gasteiger partial charge in [0.1, 0.15) is 10.6 Å². The Kier molecular flexibility index (Phi) is 4.07. The molecule has 1 aromatic heterocycles. The molecule has 0 saturated carbocycles. The first kappa shape index (κ1) is 14.2. The zero-order valence-electron chi connectivity index (χ0n) is 11.6. The van der Waals surface area contributed by atoms with Crippen molar-refractivity contribution in [1.29, 1.82) is 0 Å². The van der Waals surface area contributed by atoms with Gasteiger partial charge in [-0.25, -0.2) is 0 Å². The number of carbonyl (C=O) groups excluding carboxylic acids is 1. The fourth-order valence-corrected chi connectivity index (χ4v) is 2.85. The Morgan fingerprint density at radius 1 is 0.909 bits per heavy atom. The van der Waals surface area contributed by atoms with Crippen LogP contribution in [0.4, 0.5) is 16.4 Å². The van der Waals surface area contributed by atoms with Gasteiger partial charge in [0.25, 0.3) is 5.91 Å². The van der Waals surface area contributed by atoms with Gasteiger partial charge in [-0.2, -0.15) is 0 Å². The minimum absolute atomic E-state index is 0.0307. The molecule has 5 heteroatoms. The summed E-state index contributed by atoms with van der Waals surface area (Å²) in [7, 11) is 0. The van der Waals surface area contributed by atoms with Crippen molar-refractivity contribution in [1.82, 2.24) is 0 Å². The third-order valence-electron chi connectivity index (χ3n) is 2.99. The Balaban J connectivity index is 1.76. The molecular weight excluding hydrogens is 296 g/mol. The van der Waals surface area contributed by atoms with Crippen molar-refractivity contribution in [2.75, 3.05) is 10.6 Å². The zero-order chi connectivity index (χ0) is 15.4. The Morgan fingerprint density at radius 3 is 2.14 bits per heavy atom. The highest BCUT2D eigenvalue weighted by Gasteiger charge is 2.16. The number of amides is 1. The molecule has 1 heterocycles. The molecule has 0 bridgehead atoms. The predicted molar refractivity (Wildman–Crippen MR) is 90.1 cm³/mol. The number of benzene rings is 2. The van der Waals surface area contributed by atoms with Crippen molar-refractivity contribution in [3.8, 4) is 5.75 Å². The van der Waals surface area contributed by atoms with E-state index in [4.69, 9.17) is 0 Å². The van der Waals surface area contributed by atoms with Gasteiger partial charge in [-0.05, 0) is 24.3 Å². The normalized spacial score (nSPS) is 10.2. The van der Waals surface area contributed by atoms with Crippen LogP contribution in [0.3, 0.4) is 0 Å². The van der Waals surface area contributed by atoms with Gasteiger partial charge in [-0.1, -0.05) is 36.4 Å². The molecule has 0 aliphatic heterocycles. The number of rotatable bonds is 4. The topological polar surface area (TPSA) is 61.4 Å². The van der Waals surface area contributed by atoms with Crippen molar-refractivity contribution in [3.05, 3.63) is 71.6 Å². The van der Waals surface area contributed by atoms with Crippen LogP contribution in [0.2, 0.25) is 0 Å². The van der Waals surface area contributed by atoms with Crippen LogP contribution in [0.15, 0.2) is 66.7 Å². The van der Waals surface area contributed by atoms with E-state index in [0.717, 1.165) is 5.69 Å². The molecule has 3 N–H and O–H groups in total. The van der Waals surface area contributed by atoms with Gasteiger partial charge in [0.15, 0.2) is 0 Å². The Morgan fingerprint density at radius 2 is 1.50 bits per heavy atom. The van der Waals surface area contributed by atoms with E-state index in [1.54, 1.807) is 18.2 Å². The Bertz CT molecular complexity index is 770. The second kappa shape index (κ2) is 6.32. The summed E-state index contributed by atoms with van der Waals surface area (Å²) >= 11 is 1.21. The van der Waals surface area contributed by atoms with Crippen LogP contribution in [-0.2, 0) is 0 Å². The van der Waals surface area contributed by atoms with E-state index >= 15 is 0 Å². The van der Waals surface area contributed by atoms with Crippen LogP contribution in [0.5, 0.6) is 5.75 Å². The second-order valence-electron chi connectivity index (χ2n) is 4.64. The molecule has 0 atom stereocenters. The molecule has 110 valence electrons. The molecule has 0 fully saturated rings. The van der Waals surface area contributed by atoms with Gasteiger partial charge < -0.3 is 15.7 Å². The lowest BCUT2D eigenvalue weighted by Crippen LogP contribution is -2.10. The maximum Gasteiger partial charge on any atom is 0.269 e. The number of nitrogens with one attached hydrogen (secondary N) is 2. The fraction of sp³-hybridized carbons (Fsp3) is 0. The summed E-state index contributed by atoms with van der Waals surface area (Å²) in [5.74, 6) is -0.355. The largest absolute Gasteiger partial charge is 0.506 e. The van der Waals surface area contributed by atoms with Crippen molar-refractivity contribution >= 4 is 33.6 Å². The van der Waals surface area contributed by atoms with Gasteiger partial charge >= 0.3 is 0 Å². The summed E-state index contributed by atoms with van der Waals surface area (Å²) in [6, 6.07) is 20.3. The van der Waals surface area contributed by atoms with Gasteiger partial charge in [-0.3, -0.25) is 4.79 Å². The third kappa shape index (κ3) is 3.27. The highest BCUT2D eigenvalue weighted by Crippen LogP contribution is 2.34. The van der Waals surface area contributed by atoms with E-state index in [9.17, 15) is 9.90 Å². The quantitative estimate of drug-likeness (QED) is 0.667. The molecule has 0 saturated heterocycles. The molecule has 0 radical (unpaired) electrons. The highest BCUT2D eigenvalue weighted by atomic mass is 32.1. The first-order valence-electron chi connectivity index (χ1n) is 6.73. The predicted octanol–water partition coefficient (Wildman–Crippen LogP) is 4.45. The lowest BCUT2D eigenvalue weighted by Gasteiger charge is -2.03. The molecule has 4 nitrogen and oxygen atoms in total. The van der Waals surface area contributed by atoms with Crippen molar-refractivity contribution in [3.63, 3.8) is 0 Å². The number of anilines is 3. The smallest absolute Gasteiger partial charge is 0.269 e. The third-order valence-corrected chi connectivity index (χ3v) is 4.03. The van der Waals surface area contributed by atoms with Crippen molar-refractivity contribution in [2.24, 2.45) is 0 Å². The molecule has 3 aromatic rings. The number of thiophene rings is 1. The highest BCUT2D eigenvalue weighted by molar-refractivity contribution is 7.18. The van der Waals surface area contributed by atoms with Crippen LogP contribution < -0.4 is 10.6 Å². The summed E-state index contributed by atoms with van der Waals surface area (Å²) in [5, 5.41) is 16.6. The molecule has 0 spiro atoms. The zero-order valence-corrected chi connectivity index (χ0v) is 12.4. The summed E-state index contributed by atoms with van der Waals surface area (Å²) < 4.78 is 0. The first-order chi connectivity index (χ1) is 10.7. The van der Waals surface area contributed by atoms with Crippen LogP contribution in [-0.4, -0.2) is 11.0 Å². The lowest BCUT2D eigenvalue weighted by molar-refractivity contribution is 0.102. The van der Waals surface area contributed by atoms with E-state index in [1.807, 2.05) is 48.5 Å². The number of aromatic hydroxyl groups is 1. The van der Waals surface area contributed by atoms with Gasteiger partial charge in [0.05, 0.1) is 5.00 Å². The fourth-order valence-electron chi connectivity index (χ4n) is 1.98.